The van der Waals surface area contributed by atoms with E-state index in [1.165, 1.54) is 36.8 Å². The van der Waals surface area contributed by atoms with Gasteiger partial charge in [-0.2, -0.15) is 0 Å². The van der Waals surface area contributed by atoms with Crippen molar-refractivity contribution in [2.24, 2.45) is 0 Å². The summed E-state index contributed by atoms with van der Waals surface area (Å²) < 4.78 is 1.89. The highest BCUT2D eigenvalue weighted by Gasteiger charge is 2.32. The first-order valence-corrected chi connectivity index (χ1v) is 14.3. The first-order valence-electron chi connectivity index (χ1n) is 14.0. The molecule has 0 unspecified atom stereocenters. The molecule has 5 heteroatoms. The number of amides is 1. The lowest BCUT2D eigenvalue weighted by atomic mass is 9.68. The van der Waals surface area contributed by atoms with E-state index in [1.807, 2.05) is 35.8 Å². The largest absolute Gasteiger partial charge is 0.343 e. The molecule has 206 valence electrons. The lowest BCUT2D eigenvalue weighted by Gasteiger charge is -2.35. The second-order valence-electron chi connectivity index (χ2n) is 10.2. The molecular formula is C34H42ClN3O. The number of carbonyl (C=O) groups is 1. The van der Waals surface area contributed by atoms with Crippen LogP contribution >= 0.6 is 11.6 Å². The van der Waals surface area contributed by atoms with Crippen molar-refractivity contribution in [3.8, 4) is 0 Å². The van der Waals surface area contributed by atoms with Gasteiger partial charge in [0, 0.05) is 31.1 Å². The van der Waals surface area contributed by atoms with Gasteiger partial charge in [-0.3, -0.25) is 4.79 Å². The molecule has 0 atom stereocenters. The minimum absolute atomic E-state index is 0.0201. The van der Waals surface area contributed by atoms with Crippen molar-refractivity contribution >= 4 is 17.5 Å². The van der Waals surface area contributed by atoms with Crippen molar-refractivity contribution in [2.75, 3.05) is 14.1 Å². The van der Waals surface area contributed by atoms with Crippen LogP contribution in [0.2, 0.25) is 5.02 Å². The Bertz CT molecular complexity index is 1230. The quantitative estimate of drug-likeness (QED) is 0.201. The van der Waals surface area contributed by atoms with E-state index in [4.69, 9.17) is 11.6 Å². The Hall–Kier alpha value is -3.37. The third kappa shape index (κ3) is 7.60. The third-order valence-corrected chi connectivity index (χ3v) is 7.38. The zero-order valence-corrected chi connectivity index (χ0v) is 24.8. The van der Waals surface area contributed by atoms with E-state index in [0.717, 1.165) is 17.7 Å². The summed E-state index contributed by atoms with van der Waals surface area (Å²) in [6.07, 6.45) is 7.32. The Morgan fingerprint density at radius 3 is 1.77 bits per heavy atom. The fourth-order valence-electron chi connectivity index (χ4n) is 5.28. The predicted octanol–water partition coefficient (Wildman–Crippen LogP) is 8.42. The lowest BCUT2D eigenvalue weighted by molar-refractivity contribution is 0.0816. The van der Waals surface area contributed by atoms with Gasteiger partial charge in [-0.05, 0) is 48.1 Å². The Morgan fingerprint density at radius 1 is 0.821 bits per heavy atom. The molecule has 4 aromatic rings. The summed E-state index contributed by atoms with van der Waals surface area (Å²) in [5.41, 5.74) is 5.69. The maximum Gasteiger partial charge on any atom is 0.271 e. The van der Waals surface area contributed by atoms with Crippen LogP contribution in [-0.4, -0.2) is 34.5 Å². The van der Waals surface area contributed by atoms with E-state index in [0.29, 0.717) is 17.3 Å². The van der Waals surface area contributed by atoms with E-state index < -0.39 is 0 Å². The molecule has 0 spiro atoms. The number of aromatic nitrogens is 2. The van der Waals surface area contributed by atoms with E-state index in [-0.39, 0.29) is 11.3 Å². The van der Waals surface area contributed by atoms with Gasteiger partial charge in [0.1, 0.15) is 5.69 Å². The molecule has 1 heterocycles. The normalized spacial score (nSPS) is 11.0. The maximum absolute atomic E-state index is 12.3. The molecule has 0 radical (unpaired) electrons. The lowest BCUT2D eigenvalue weighted by Crippen LogP contribution is -2.27. The zero-order valence-electron chi connectivity index (χ0n) is 24.0. The fraction of sp³-hybridized carbons (Fsp3) is 0.353. The Kier molecular flexibility index (Phi) is 11.4. The van der Waals surface area contributed by atoms with Crippen molar-refractivity contribution in [1.29, 1.82) is 0 Å². The maximum atomic E-state index is 12.3. The SMILES string of the molecule is CCCC(CCC)(c1ccccc1)c1ccccc1.CCc1ncn(Cc2ccc(Cl)cc2)c1C(=O)N(C)C. The van der Waals surface area contributed by atoms with Gasteiger partial charge in [0.2, 0.25) is 0 Å². The number of hydrogen-bond donors (Lipinski definition) is 0. The Balaban J connectivity index is 0.000000216. The van der Waals surface area contributed by atoms with Gasteiger partial charge < -0.3 is 9.47 Å². The predicted molar refractivity (Wildman–Crippen MR) is 164 cm³/mol. The Morgan fingerprint density at radius 2 is 1.33 bits per heavy atom. The topological polar surface area (TPSA) is 38.1 Å². The minimum Gasteiger partial charge on any atom is -0.343 e. The molecule has 39 heavy (non-hydrogen) atoms. The average molecular weight is 544 g/mol. The third-order valence-electron chi connectivity index (χ3n) is 7.13. The number of halogens is 1. The van der Waals surface area contributed by atoms with Gasteiger partial charge in [-0.25, -0.2) is 4.98 Å². The van der Waals surface area contributed by atoms with Crippen LogP contribution in [0.4, 0.5) is 0 Å². The van der Waals surface area contributed by atoms with Crippen molar-refractivity contribution < 1.29 is 4.79 Å². The van der Waals surface area contributed by atoms with Crippen molar-refractivity contribution in [3.63, 3.8) is 0 Å². The molecular weight excluding hydrogens is 502 g/mol. The zero-order chi connectivity index (χ0) is 28.3. The molecule has 0 saturated carbocycles. The monoisotopic (exact) mass is 543 g/mol. The molecule has 0 aliphatic carbocycles. The molecule has 3 aromatic carbocycles. The van der Waals surface area contributed by atoms with Gasteiger partial charge in [0.05, 0.1) is 12.0 Å². The number of benzene rings is 3. The van der Waals surface area contributed by atoms with E-state index in [2.05, 4.69) is 79.5 Å². The summed E-state index contributed by atoms with van der Waals surface area (Å²) in [4.78, 5) is 18.2. The molecule has 1 aromatic heterocycles. The molecule has 0 aliphatic rings. The first-order chi connectivity index (χ1) is 18.9. The van der Waals surface area contributed by atoms with Crippen molar-refractivity contribution in [1.82, 2.24) is 14.5 Å². The average Bonchev–Trinajstić information content (AvgIpc) is 3.37. The number of carbonyl (C=O) groups excluding carboxylic acids is 1. The molecule has 1 amide bonds. The van der Waals surface area contributed by atoms with Crippen molar-refractivity contribution in [2.45, 2.75) is 64.8 Å². The highest BCUT2D eigenvalue weighted by molar-refractivity contribution is 6.30. The van der Waals surface area contributed by atoms with Crippen LogP contribution in [0.5, 0.6) is 0 Å². The van der Waals surface area contributed by atoms with E-state index >= 15 is 0 Å². The fourth-order valence-corrected chi connectivity index (χ4v) is 5.41. The second kappa shape index (κ2) is 14.7. The van der Waals surface area contributed by atoms with Gasteiger partial charge in [0.25, 0.3) is 5.91 Å². The molecule has 0 fully saturated rings. The second-order valence-corrected chi connectivity index (χ2v) is 10.6. The van der Waals surface area contributed by atoms with Crippen molar-refractivity contribution in [3.05, 3.63) is 124 Å². The molecule has 0 N–H and O–H groups in total. The number of hydrogen-bond acceptors (Lipinski definition) is 2. The summed E-state index contributed by atoms with van der Waals surface area (Å²) in [5.74, 6) is -0.0201. The number of rotatable bonds is 10. The molecule has 0 saturated heterocycles. The number of imidazole rings is 1. The van der Waals surface area contributed by atoms with Crippen LogP contribution < -0.4 is 0 Å². The molecule has 0 bridgehead atoms. The van der Waals surface area contributed by atoms with Crippen LogP contribution in [0.1, 0.15) is 79.3 Å². The van der Waals surface area contributed by atoms with Crippen LogP contribution in [0.3, 0.4) is 0 Å². The smallest absolute Gasteiger partial charge is 0.271 e. The summed E-state index contributed by atoms with van der Waals surface area (Å²) in [5, 5.41) is 0.707. The standard InChI is InChI=1S/C19H24.C15H18ClN3O/c1-3-15-19(16-4-2,17-11-7-5-8-12-17)18-13-9-6-10-14-18;1-4-13-14(15(20)18(2)3)19(10-17-13)9-11-5-7-12(16)8-6-11/h5-14H,3-4,15-16H2,1-2H3;5-8,10H,4,9H2,1-3H3. The summed E-state index contributed by atoms with van der Waals surface area (Å²) in [6.45, 7) is 7.19. The first kappa shape index (κ1) is 30.2. The Labute approximate surface area is 239 Å². The van der Waals surface area contributed by atoms with Gasteiger partial charge in [-0.15, -0.1) is 0 Å². The van der Waals surface area contributed by atoms with E-state index in [1.54, 1.807) is 25.3 Å². The molecule has 4 nitrogen and oxygen atoms in total. The van der Waals surface area contributed by atoms with Crippen LogP contribution in [0.15, 0.2) is 91.3 Å². The highest BCUT2D eigenvalue weighted by atomic mass is 35.5. The minimum atomic E-state index is -0.0201. The molecule has 4 rings (SSSR count). The van der Waals surface area contributed by atoms with Crippen LogP contribution in [-0.2, 0) is 18.4 Å². The van der Waals surface area contributed by atoms with Gasteiger partial charge in [0.15, 0.2) is 0 Å². The van der Waals surface area contributed by atoms with Crippen LogP contribution in [0, 0.1) is 0 Å². The summed E-state index contributed by atoms with van der Waals surface area (Å²) >= 11 is 5.88. The number of nitrogens with zero attached hydrogens (tertiary/aromatic N) is 3. The van der Waals surface area contributed by atoms with Crippen LogP contribution in [0.25, 0.3) is 0 Å². The van der Waals surface area contributed by atoms with Gasteiger partial charge >= 0.3 is 0 Å². The number of aryl methyl sites for hydroxylation is 1. The molecule has 0 aliphatic heterocycles. The highest BCUT2D eigenvalue weighted by Crippen LogP contribution is 2.40. The summed E-state index contributed by atoms with van der Waals surface area (Å²) in [7, 11) is 3.50. The van der Waals surface area contributed by atoms with Gasteiger partial charge in [-0.1, -0.05) is 118 Å². The summed E-state index contributed by atoms with van der Waals surface area (Å²) in [6, 6.07) is 29.6. The van der Waals surface area contributed by atoms with E-state index in [9.17, 15) is 4.79 Å².